The average Bonchev–Trinajstić information content (AvgIpc) is 2.45. The average molecular weight is 326 g/mol. The van der Waals surface area contributed by atoms with Gasteiger partial charge in [0.2, 0.25) is 5.91 Å². The molecule has 0 spiro atoms. The highest BCUT2D eigenvalue weighted by atomic mass is 35.5. The third-order valence-electron chi connectivity index (χ3n) is 2.64. The lowest BCUT2D eigenvalue weighted by molar-refractivity contribution is -0.116. The summed E-state index contributed by atoms with van der Waals surface area (Å²) in [6.07, 6.45) is 0.147. The highest BCUT2D eigenvalue weighted by Crippen LogP contribution is 2.26. The summed E-state index contributed by atoms with van der Waals surface area (Å²) in [6.45, 7) is 0.217. The van der Waals surface area contributed by atoms with E-state index < -0.39 is 0 Å². The number of nitrogens with one attached hydrogen (secondary N) is 1. The first-order valence-electron chi connectivity index (χ1n) is 6.21. The Labute approximate surface area is 132 Å². The molecule has 0 heterocycles. The van der Waals surface area contributed by atoms with Crippen molar-refractivity contribution in [3.63, 3.8) is 0 Å². The van der Waals surface area contributed by atoms with Gasteiger partial charge in [0, 0.05) is 10.0 Å². The molecule has 0 aliphatic rings. The van der Waals surface area contributed by atoms with Gasteiger partial charge in [-0.25, -0.2) is 0 Å². The summed E-state index contributed by atoms with van der Waals surface area (Å²) in [5.41, 5.74) is 0.277. The van der Waals surface area contributed by atoms with Gasteiger partial charge in [-0.3, -0.25) is 4.79 Å². The van der Waals surface area contributed by atoms with Crippen LogP contribution in [0, 0.1) is 0 Å². The smallest absolute Gasteiger partial charge is 0.227 e. The minimum atomic E-state index is -0.276. The van der Waals surface area contributed by atoms with Crippen LogP contribution in [0.1, 0.15) is 6.42 Å². The number of anilines is 1. The molecule has 2 rings (SSSR count). The van der Waals surface area contributed by atoms with Crippen molar-refractivity contribution >= 4 is 34.8 Å². The Bertz CT molecular complexity index is 629. The Kier molecular flexibility index (Phi) is 5.31. The Hall–Kier alpha value is -1.91. The van der Waals surface area contributed by atoms with E-state index in [0.717, 1.165) is 0 Å². The summed E-state index contributed by atoms with van der Waals surface area (Å²) < 4.78 is 5.42. The number of aromatic hydroxyl groups is 1. The van der Waals surface area contributed by atoms with Crippen LogP contribution in [0.25, 0.3) is 0 Å². The number of carbonyl (C=O) groups excluding carboxylic acids is 1. The van der Waals surface area contributed by atoms with Crippen molar-refractivity contribution in [2.75, 3.05) is 11.9 Å². The van der Waals surface area contributed by atoms with E-state index in [2.05, 4.69) is 5.32 Å². The number of hydrogen-bond acceptors (Lipinski definition) is 3. The second kappa shape index (κ2) is 7.20. The van der Waals surface area contributed by atoms with E-state index in [0.29, 0.717) is 15.8 Å². The number of hydrogen-bond donors (Lipinski definition) is 2. The molecular formula is C15H13Cl2NO3. The zero-order valence-corrected chi connectivity index (χ0v) is 12.5. The van der Waals surface area contributed by atoms with Crippen LogP contribution in [0.15, 0.2) is 42.5 Å². The summed E-state index contributed by atoms with van der Waals surface area (Å²) in [4.78, 5) is 11.8. The van der Waals surface area contributed by atoms with E-state index in [-0.39, 0.29) is 30.4 Å². The normalized spacial score (nSPS) is 10.2. The van der Waals surface area contributed by atoms with Crippen molar-refractivity contribution in [2.45, 2.75) is 6.42 Å². The van der Waals surface area contributed by atoms with E-state index in [1.165, 1.54) is 18.2 Å². The number of benzene rings is 2. The van der Waals surface area contributed by atoms with Crippen LogP contribution in [0.3, 0.4) is 0 Å². The summed E-state index contributed by atoms with van der Waals surface area (Å²) in [6, 6.07) is 11.3. The number of phenols is 1. The van der Waals surface area contributed by atoms with Crippen molar-refractivity contribution in [1.29, 1.82) is 0 Å². The molecule has 0 saturated carbocycles. The fourth-order valence-corrected chi connectivity index (χ4v) is 1.91. The molecule has 0 bridgehead atoms. The van der Waals surface area contributed by atoms with Gasteiger partial charge in [-0.15, -0.1) is 0 Å². The lowest BCUT2D eigenvalue weighted by Crippen LogP contribution is -2.15. The van der Waals surface area contributed by atoms with Gasteiger partial charge in [-0.2, -0.15) is 0 Å². The maximum Gasteiger partial charge on any atom is 0.227 e. The van der Waals surface area contributed by atoms with Gasteiger partial charge in [-0.05, 0) is 42.5 Å². The van der Waals surface area contributed by atoms with Gasteiger partial charge in [0.15, 0.2) is 0 Å². The Balaban J connectivity index is 1.82. The largest absolute Gasteiger partial charge is 0.506 e. The SMILES string of the molecule is O=C(CCOc1ccc(Cl)cc1)Nc1cc(Cl)ccc1O. The zero-order valence-electron chi connectivity index (χ0n) is 11.0. The van der Waals surface area contributed by atoms with Crippen LogP contribution in [0.5, 0.6) is 11.5 Å². The van der Waals surface area contributed by atoms with Crippen molar-refractivity contribution in [3.05, 3.63) is 52.5 Å². The van der Waals surface area contributed by atoms with Crippen LogP contribution in [-0.2, 0) is 4.79 Å². The van der Waals surface area contributed by atoms with Crippen LogP contribution in [0.2, 0.25) is 10.0 Å². The van der Waals surface area contributed by atoms with E-state index >= 15 is 0 Å². The molecule has 0 radical (unpaired) electrons. The predicted molar refractivity (Wildman–Crippen MR) is 83.3 cm³/mol. The first-order valence-corrected chi connectivity index (χ1v) is 6.97. The van der Waals surface area contributed by atoms with E-state index in [4.69, 9.17) is 27.9 Å². The number of phenolic OH excluding ortho intramolecular Hbond substituents is 1. The van der Waals surface area contributed by atoms with Gasteiger partial charge in [0.1, 0.15) is 11.5 Å². The molecule has 6 heteroatoms. The quantitative estimate of drug-likeness (QED) is 0.813. The third-order valence-corrected chi connectivity index (χ3v) is 3.13. The molecular weight excluding hydrogens is 313 g/mol. The molecule has 0 saturated heterocycles. The lowest BCUT2D eigenvalue weighted by atomic mass is 10.3. The number of rotatable bonds is 5. The molecule has 2 aromatic carbocycles. The summed E-state index contributed by atoms with van der Waals surface area (Å²) in [7, 11) is 0. The molecule has 4 nitrogen and oxygen atoms in total. The monoisotopic (exact) mass is 325 g/mol. The van der Waals surface area contributed by atoms with Crippen molar-refractivity contribution < 1.29 is 14.6 Å². The number of carbonyl (C=O) groups is 1. The van der Waals surface area contributed by atoms with Crippen molar-refractivity contribution in [3.8, 4) is 11.5 Å². The van der Waals surface area contributed by atoms with Gasteiger partial charge in [-0.1, -0.05) is 23.2 Å². The minimum absolute atomic E-state index is 0.0358. The fourth-order valence-electron chi connectivity index (χ4n) is 1.61. The summed E-state index contributed by atoms with van der Waals surface area (Å²) in [5.74, 6) is 0.325. The molecule has 0 atom stereocenters. The molecule has 110 valence electrons. The molecule has 0 aliphatic carbocycles. The number of halogens is 2. The fraction of sp³-hybridized carbons (Fsp3) is 0.133. The Morgan fingerprint density at radius 3 is 2.48 bits per heavy atom. The van der Waals surface area contributed by atoms with E-state index in [1.54, 1.807) is 24.3 Å². The maximum absolute atomic E-state index is 11.8. The molecule has 1 amide bonds. The number of ether oxygens (including phenoxy) is 1. The molecule has 0 fully saturated rings. The van der Waals surface area contributed by atoms with E-state index in [9.17, 15) is 9.90 Å². The summed E-state index contributed by atoms with van der Waals surface area (Å²) >= 11 is 11.6. The molecule has 0 aliphatic heterocycles. The second-order valence-electron chi connectivity index (χ2n) is 4.26. The highest BCUT2D eigenvalue weighted by Gasteiger charge is 2.07. The molecule has 2 aromatic rings. The second-order valence-corrected chi connectivity index (χ2v) is 5.13. The third kappa shape index (κ3) is 4.85. The maximum atomic E-state index is 11.8. The highest BCUT2D eigenvalue weighted by molar-refractivity contribution is 6.31. The molecule has 0 aromatic heterocycles. The molecule has 0 unspecified atom stereocenters. The van der Waals surface area contributed by atoms with Crippen LogP contribution in [-0.4, -0.2) is 17.6 Å². The van der Waals surface area contributed by atoms with E-state index in [1.807, 2.05) is 0 Å². The Morgan fingerprint density at radius 2 is 1.76 bits per heavy atom. The van der Waals surface area contributed by atoms with Crippen LogP contribution < -0.4 is 10.1 Å². The molecule has 2 N–H and O–H groups in total. The van der Waals surface area contributed by atoms with Crippen LogP contribution in [0.4, 0.5) is 5.69 Å². The van der Waals surface area contributed by atoms with Crippen molar-refractivity contribution in [2.24, 2.45) is 0 Å². The standard InChI is InChI=1S/C15H13Cl2NO3/c16-10-1-4-12(5-2-10)21-8-7-15(20)18-13-9-11(17)3-6-14(13)19/h1-6,9,19H,7-8H2,(H,18,20). The molecule has 21 heavy (non-hydrogen) atoms. The van der Waals surface area contributed by atoms with Crippen molar-refractivity contribution in [1.82, 2.24) is 0 Å². The Morgan fingerprint density at radius 1 is 1.10 bits per heavy atom. The predicted octanol–water partition coefficient (Wildman–Crippen LogP) is 4.11. The first kappa shape index (κ1) is 15.5. The first-order chi connectivity index (χ1) is 10.0. The topological polar surface area (TPSA) is 58.6 Å². The lowest BCUT2D eigenvalue weighted by Gasteiger charge is -2.09. The van der Waals surface area contributed by atoms with Gasteiger partial charge in [0.25, 0.3) is 0 Å². The summed E-state index contributed by atoms with van der Waals surface area (Å²) in [5, 5.41) is 13.2. The number of amides is 1. The zero-order chi connectivity index (χ0) is 15.2. The van der Waals surface area contributed by atoms with Gasteiger partial charge in [0.05, 0.1) is 18.7 Å². The van der Waals surface area contributed by atoms with Crippen LogP contribution >= 0.6 is 23.2 Å². The minimum Gasteiger partial charge on any atom is -0.506 e. The van der Waals surface area contributed by atoms with Gasteiger partial charge >= 0.3 is 0 Å². The van der Waals surface area contributed by atoms with Gasteiger partial charge < -0.3 is 15.2 Å².